The second-order valence-electron chi connectivity index (χ2n) is 6.58. The zero-order chi connectivity index (χ0) is 15.6. The highest BCUT2D eigenvalue weighted by Gasteiger charge is 2.32. The number of carbonyl (C=O) groups is 1. The molecule has 0 bridgehead atoms. The Morgan fingerprint density at radius 1 is 1.29 bits per heavy atom. The summed E-state index contributed by atoms with van der Waals surface area (Å²) in [5, 5.41) is 12.8. The maximum absolute atomic E-state index is 11.2. The SMILES string of the molecule is Cc1cc(C)c(C(C)NCC2CCCC2C(=O)O)c(C)c1. The fourth-order valence-corrected chi connectivity index (χ4v) is 3.91. The van der Waals surface area contributed by atoms with Crippen molar-refractivity contribution in [2.45, 2.75) is 53.0 Å². The van der Waals surface area contributed by atoms with Crippen LogP contribution in [0.2, 0.25) is 0 Å². The molecule has 21 heavy (non-hydrogen) atoms. The first-order chi connectivity index (χ1) is 9.90. The predicted molar refractivity (Wildman–Crippen MR) is 85.5 cm³/mol. The quantitative estimate of drug-likeness (QED) is 0.867. The van der Waals surface area contributed by atoms with E-state index in [0.717, 1.165) is 25.8 Å². The van der Waals surface area contributed by atoms with Crippen LogP contribution in [0.3, 0.4) is 0 Å². The third-order valence-electron chi connectivity index (χ3n) is 4.83. The topological polar surface area (TPSA) is 49.3 Å². The van der Waals surface area contributed by atoms with Gasteiger partial charge in [-0.15, -0.1) is 0 Å². The molecule has 0 amide bonds. The van der Waals surface area contributed by atoms with Gasteiger partial charge in [-0.3, -0.25) is 4.79 Å². The van der Waals surface area contributed by atoms with Gasteiger partial charge in [0.15, 0.2) is 0 Å². The number of hydrogen-bond acceptors (Lipinski definition) is 2. The van der Waals surface area contributed by atoms with Gasteiger partial charge in [-0.2, -0.15) is 0 Å². The van der Waals surface area contributed by atoms with Crippen molar-refractivity contribution < 1.29 is 9.90 Å². The van der Waals surface area contributed by atoms with Crippen molar-refractivity contribution in [3.8, 4) is 0 Å². The number of aryl methyl sites for hydroxylation is 3. The minimum Gasteiger partial charge on any atom is -0.481 e. The fourth-order valence-electron chi connectivity index (χ4n) is 3.91. The smallest absolute Gasteiger partial charge is 0.306 e. The summed E-state index contributed by atoms with van der Waals surface area (Å²) in [6, 6.07) is 4.70. The molecule has 2 rings (SSSR count). The molecule has 0 heterocycles. The van der Waals surface area contributed by atoms with E-state index in [-0.39, 0.29) is 17.9 Å². The van der Waals surface area contributed by atoms with Crippen molar-refractivity contribution in [1.82, 2.24) is 5.32 Å². The molecule has 2 N–H and O–H groups in total. The summed E-state index contributed by atoms with van der Waals surface area (Å²) in [7, 11) is 0. The van der Waals surface area contributed by atoms with E-state index in [9.17, 15) is 9.90 Å². The molecule has 3 heteroatoms. The molecule has 1 aliphatic carbocycles. The number of carboxylic acid groups (broad SMARTS) is 1. The van der Waals surface area contributed by atoms with Crippen molar-refractivity contribution >= 4 is 5.97 Å². The number of nitrogens with one attached hydrogen (secondary N) is 1. The minimum atomic E-state index is -0.630. The average molecular weight is 289 g/mol. The highest BCUT2D eigenvalue weighted by atomic mass is 16.4. The first-order valence-electron chi connectivity index (χ1n) is 7.94. The third kappa shape index (κ3) is 3.65. The number of rotatable bonds is 5. The van der Waals surface area contributed by atoms with Crippen molar-refractivity contribution in [3.05, 3.63) is 34.4 Å². The van der Waals surface area contributed by atoms with Gasteiger partial charge in [-0.25, -0.2) is 0 Å². The van der Waals surface area contributed by atoms with E-state index in [1.807, 2.05) is 0 Å². The van der Waals surface area contributed by atoms with Gasteiger partial charge in [-0.05, 0) is 69.7 Å². The number of carboxylic acids is 1. The van der Waals surface area contributed by atoms with Crippen LogP contribution >= 0.6 is 0 Å². The van der Waals surface area contributed by atoms with E-state index >= 15 is 0 Å². The van der Waals surface area contributed by atoms with Gasteiger partial charge in [0.1, 0.15) is 0 Å². The molecule has 0 aliphatic heterocycles. The first kappa shape index (κ1) is 16.0. The molecule has 1 aromatic rings. The highest BCUT2D eigenvalue weighted by Crippen LogP contribution is 2.32. The maximum Gasteiger partial charge on any atom is 0.306 e. The molecule has 3 atom stereocenters. The summed E-state index contributed by atoms with van der Waals surface area (Å²) in [5.41, 5.74) is 5.27. The minimum absolute atomic E-state index is 0.162. The van der Waals surface area contributed by atoms with Crippen LogP contribution in [-0.2, 0) is 4.79 Å². The number of aliphatic carboxylic acids is 1. The molecule has 1 aliphatic rings. The fraction of sp³-hybridized carbons (Fsp3) is 0.611. The lowest BCUT2D eigenvalue weighted by molar-refractivity contribution is -0.142. The second-order valence-corrected chi connectivity index (χ2v) is 6.58. The van der Waals surface area contributed by atoms with Crippen molar-refractivity contribution in [2.24, 2.45) is 11.8 Å². The van der Waals surface area contributed by atoms with Gasteiger partial charge in [0.25, 0.3) is 0 Å². The Morgan fingerprint density at radius 3 is 2.48 bits per heavy atom. The van der Waals surface area contributed by atoms with Gasteiger partial charge >= 0.3 is 5.97 Å². The summed E-state index contributed by atoms with van der Waals surface area (Å²) in [6.07, 6.45) is 2.90. The molecule has 0 aromatic heterocycles. The van der Waals surface area contributed by atoms with E-state index in [1.54, 1.807) is 0 Å². The van der Waals surface area contributed by atoms with Gasteiger partial charge in [-0.1, -0.05) is 24.1 Å². The van der Waals surface area contributed by atoms with Gasteiger partial charge in [0, 0.05) is 6.04 Å². The third-order valence-corrected chi connectivity index (χ3v) is 4.83. The maximum atomic E-state index is 11.2. The Balaban J connectivity index is 2.02. The molecule has 0 radical (unpaired) electrons. The number of hydrogen-bond donors (Lipinski definition) is 2. The summed E-state index contributed by atoms with van der Waals surface area (Å²) < 4.78 is 0. The number of benzene rings is 1. The van der Waals surface area contributed by atoms with Crippen LogP contribution in [0.5, 0.6) is 0 Å². The molecule has 0 saturated heterocycles. The van der Waals surface area contributed by atoms with Crippen LogP contribution in [0.4, 0.5) is 0 Å². The van der Waals surface area contributed by atoms with Crippen LogP contribution < -0.4 is 5.32 Å². The Hall–Kier alpha value is -1.35. The lowest BCUT2D eigenvalue weighted by atomic mass is 9.93. The standard InChI is InChI=1S/C18H27NO2/c1-11-8-12(2)17(13(3)9-11)14(4)19-10-15-6-5-7-16(15)18(20)21/h8-9,14-16,19H,5-7,10H2,1-4H3,(H,20,21). The van der Waals surface area contributed by atoms with E-state index in [1.165, 1.54) is 22.3 Å². The monoisotopic (exact) mass is 289 g/mol. The first-order valence-corrected chi connectivity index (χ1v) is 7.94. The Morgan fingerprint density at radius 2 is 1.90 bits per heavy atom. The van der Waals surface area contributed by atoms with Gasteiger partial charge in [0.05, 0.1) is 5.92 Å². The zero-order valence-corrected chi connectivity index (χ0v) is 13.6. The molecule has 116 valence electrons. The zero-order valence-electron chi connectivity index (χ0n) is 13.6. The molecule has 1 saturated carbocycles. The summed E-state index contributed by atoms with van der Waals surface area (Å²) in [4.78, 5) is 11.2. The Bertz CT molecular complexity index is 501. The Kier molecular flexibility index (Phi) is 5.04. The van der Waals surface area contributed by atoms with Crippen molar-refractivity contribution in [1.29, 1.82) is 0 Å². The van der Waals surface area contributed by atoms with Crippen LogP contribution in [-0.4, -0.2) is 17.6 Å². The largest absolute Gasteiger partial charge is 0.481 e. The molecule has 1 fully saturated rings. The van der Waals surface area contributed by atoms with E-state index in [4.69, 9.17) is 0 Å². The van der Waals surface area contributed by atoms with Crippen LogP contribution in [0, 0.1) is 32.6 Å². The van der Waals surface area contributed by atoms with Crippen molar-refractivity contribution in [3.63, 3.8) is 0 Å². The average Bonchev–Trinajstić information content (AvgIpc) is 2.83. The van der Waals surface area contributed by atoms with E-state index in [2.05, 4.69) is 45.1 Å². The highest BCUT2D eigenvalue weighted by molar-refractivity contribution is 5.70. The van der Waals surface area contributed by atoms with Gasteiger partial charge < -0.3 is 10.4 Å². The van der Waals surface area contributed by atoms with E-state index in [0.29, 0.717) is 0 Å². The van der Waals surface area contributed by atoms with E-state index < -0.39 is 5.97 Å². The second kappa shape index (κ2) is 6.61. The van der Waals surface area contributed by atoms with Gasteiger partial charge in [0.2, 0.25) is 0 Å². The summed E-state index contributed by atoms with van der Waals surface area (Å²) in [6.45, 7) is 9.41. The molecular formula is C18H27NO2. The normalized spacial score (nSPS) is 23.2. The molecule has 3 nitrogen and oxygen atoms in total. The predicted octanol–water partition coefficient (Wildman–Crippen LogP) is 3.76. The van der Waals surface area contributed by atoms with Crippen LogP contribution in [0.1, 0.15) is 54.5 Å². The molecular weight excluding hydrogens is 262 g/mol. The summed E-state index contributed by atoms with van der Waals surface area (Å²) in [5.74, 6) is -0.518. The van der Waals surface area contributed by atoms with Crippen LogP contribution in [0.15, 0.2) is 12.1 Å². The lowest BCUT2D eigenvalue weighted by Crippen LogP contribution is -2.31. The van der Waals surface area contributed by atoms with Crippen LogP contribution in [0.25, 0.3) is 0 Å². The molecule has 3 unspecified atom stereocenters. The summed E-state index contributed by atoms with van der Waals surface area (Å²) >= 11 is 0. The lowest BCUT2D eigenvalue weighted by Gasteiger charge is -2.23. The molecule has 0 spiro atoms. The molecule has 1 aromatic carbocycles. The van der Waals surface area contributed by atoms with Crippen molar-refractivity contribution in [2.75, 3.05) is 6.54 Å². The Labute approximate surface area is 127 Å².